The maximum atomic E-state index is 3.38. The van der Waals surface area contributed by atoms with E-state index in [0.29, 0.717) is 0 Å². The van der Waals surface area contributed by atoms with Gasteiger partial charge in [0, 0.05) is 0 Å². The molecule has 67 valence electrons. The first-order valence-corrected chi connectivity index (χ1v) is 4.26. The third-order valence-electron chi connectivity index (χ3n) is 1.56. The van der Waals surface area contributed by atoms with E-state index in [9.17, 15) is 0 Å². The second kappa shape index (κ2) is 9.30. The molecule has 0 spiro atoms. The summed E-state index contributed by atoms with van der Waals surface area (Å²) in [6.45, 7) is 4.91. The Hall–Kier alpha value is 1.21. The topological polar surface area (TPSA) is 15.3 Å². The number of halogens is 2. The molecule has 1 saturated heterocycles. The maximum absolute atomic E-state index is 3.38. The van der Waals surface area contributed by atoms with Crippen molar-refractivity contribution in [2.45, 2.75) is 12.8 Å². The molecule has 0 aliphatic carbocycles. The molecule has 0 amide bonds. The van der Waals surface area contributed by atoms with Crippen LogP contribution in [0.4, 0.5) is 0 Å². The van der Waals surface area contributed by atoms with Crippen molar-refractivity contribution in [3.8, 4) is 0 Å². The van der Waals surface area contributed by atoms with Crippen molar-refractivity contribution in [2.75, 3.05) is 26.2 Å². The van der Waals surface area contributed by atoms with E-state index in [-0.39, 0.29) is 24.8 Å². The minimum absolute atomic E-state index is 0. The van der Waals surface area contributed by atoms with Gasteiger partial charge in [0.25, 0.3) is 0 Å². The monoisotopic (exact) mass is 233 g/mol. The van der Waals surface area contributed by atoms with E-state index in [1.807, 2.05) is 0 Å². The second-order valence-corrected chi connectivity index (χ2v) is 3.43. The van der Waals surface area contributed by atoms with Crippen LogP contribution in [0.3, 0.4) is 0 Å². The molecule has 0 saturated carbocycles. The van der Waals surface area contributed by atoms with Gasteiger partial charge in [-0.05, 0) is 0 Å². The van der Waals surface area contributed by atoms with Crippen molar-refractivity contribution in [1.29, 1.82) is 0 Å². The van der Waals surface area contributed by atoms with Crippen molar-refractivity contribution in [2.24, 2.45) is 0 Å². The molecule has 2 nitrogen and oxygen atoms in total. The first kappa shape index (κ1) is 14.7. The number of hydrogen-bond acceptors (Lipinski definition) is 2. The number of rotatable bonds is 0. The van der Waals surface area contributed by atoms with Crippen molar-refractivity contribution in [3.05, 3.63) is 0 Å². The van der Waals surface area contributed by atoms with E-state index in [2.05, 4.69) is 29.4 Å². The summed E-state index contributed by atoms with van der Waals surface area (Å²) in [5.74, 6) is 0. The SMILES string of the molecule is Cl.Cl.[Ti][N]1CCCNCCC1. The molecular formula is C6H15Cl2N2Ti. The molecule has 0 bridgehead atoms. The minimum atomic E-state index is 0. The van der Waals surface area contributed by atoms with Crippen LogP contribution >= 0.6 is 24.8 Å². The molecule has 0 radical (unpaired) electrons. The fraction of sp³-hybridized carbons (Fsp3) is 1.00. The summed E-state index contributed by atoms with van der Waals surface area (Å²) < 4.78 is 2.40. The summed E-state index contributed by atoms with van der Waals surface area (Å²) in [5, 5.41) is 3.38. The van der Waals surface area contributed by atoms with Crippen molar-refractivity contribution in [3.63, 3.8) is 0 Å². The van der Waals surface area contributed by atoms with Gasteiger partial charge in [0.15, 0.2) is 0 Å². The molecular weight excluding hydrogens is 219 g/mol. The van der Waals surface area contributed by atoms with Crippen LogP contribution in [0.15, 0.2) is 0 Å². The molecule has 5 heteroatoms. The summed E-state index contributed by atoms with van der Waals surface area (Å²) in [5.41, 5.74) is 0. The first-order valence-electron chi connectivity index (χ1n) is 3.56. The molecule has 11 heavy (non-hydrogen) atoms. The standard InChI is InChI=1S/C6H13N2.2ClH.Ti/c1-3-7-5-2-6-8-4-1;;;/h7H,1-6H2;2*1H;/q-1;;;+1. The van der Waals surface area contributed by atoms with E-state index in [1.54, 1.807) is 0 Å². The molecule has 1 aliphatic heterocycles. The third kappa shape index (κ3) is 7.57. The molecule has 1 aliphatic rings. The zero-order valence-corrected chi connectivity index (χ0v) is 9.70. The summed E-state index contributed by atoms with van der Waals surface area (Å²) in [6.07, 6.45) is 2.60. The van der Waals surface area contributed by atoms with Crippen LogP contribution in [-0.2, 0) is 20.7 Å². The predicted molar refractivity (Wildman–Crippen MR) is 48.2 cm³/mol. The Kier molecular flexibility index (Phi) is 12.5. The van der Waals surface area contributed by atoms with Crippen LogP contribution in [0.2, 0.25) is 0 Å². The Bertz CT molecular complexity index is 77.0. The molecule has 0 atom stereocenters. The van der Waals surface area contributed by atoms with Gasteiger partial charge in [0.05, 0.1) is 0 Å². The number of nitrogens with one attached hydrogen (secondary N) is 1. The first-order chi connectivity index (χ1) is 4.39. The molecule has 0 aromatic rings. The summed E-state index contributed by atoms with van der Waals surface area (Å²) in [6, 6.07) is 0. The third-order valence-corrected chi connectivity index (χ3v) is 2.26. The van der Waals surface area contributed by atoms with E-state index in [0.717, 1.165) is 0 Å². The van der Waals surface area contributed by atoms with Crippen LogP contribution in [0.1, 0.15) is 12.8 Å². The van der Waals surface area contributed by atoms with Crippen LogP contribution in [0.25, 0.3) is 0 Å². The van der Waals surface area contributed by atoms with E-state index >= 15 is 0 Å². The van der Waals surface area contributed by atoms with Crippen molar-refractivity contribution >= 4 is 24.8 Å². The fourth-order valence-corrected chi connectivity index (χ4v) is 1.52. The molecule has 1 heterocycles. The molecule has 0 aromatic heterocycles. The van der Waals surface area contributed by atoms with Gasteiger partial charge in [-0.25, -0.2) is 0 Å². The summed E-state index contributed by atoms with van der Waals surface area (Å²) >= 11 is 2.20. The van der Waals surface area contributed by atoms with Crippen LogP contribution < -0.4 is 5.32 Å². The Morgan fingerprint density at radius 1 is 1.00 bits per heavy atom. The van der Waals surface area contributed by atoms with E-state index in [4.69, 9.17) is 0 Å². The van der Waals surface area contributed by atoms with Crippen molar-refractivity contribution in [1.82, 2.24) is 8.70 Å². The zero-order valence-electron chi connectivity index (χ0n) is 6.51. The van der Waals surface area contributed by atoms with Gasteiger partial charge >= 0.3 is 68.4 Å². The van der Waals surface area contributed by atoms with Gasteiger partial charge in [0.2, 0.25) is 0 Å². The number of hydrogen-bond donors (Lipinski definition) is 1. The molecule has 0 unspecified atom stereocenters. The summed E-state index contributed by atoms with van der Waals surface area (Å²) in [4.78, 5) is 0. The quantitative estimate of drug-likeness (QED) is 0.628. The summed E-state index contributed by atoms with van der Waals surface area (Å²) in [7, 11) is 0. The van der Waals surface area contributed by atoms with Crippen LogP contribution in [0, 0.1) is 0 Å². The second-order valence-electron chi connectivity index (χ2n) is 2.44. The Morgan fingerprint density at radius 2 is 1.45 bits per heavy atom. The average molecular weight is 234 g/mol. The number of nitrogens with zero attached hydrogens (tertiary/aromatic N) is 1. The van der Waals surface area contributed by atoms with Crippen LogP contribution in [0.5, 0.6) is 0 Å². The Balaban J connectivity index is 0. The molecule has 1 rings (SSSR count). The Labute approximate surface area is 93.0 Å². The molecule has 0 aromatic carbocycles. The van der Waals surface area contributed by atoms with Gasteiger partial charge in [-0.3, -0.25) is 0 Å². The Morgan fingerprint density at radius 3 is 1.91 bits per heavy atom. The van der Waals surface area contributed by atoms with Crippen molar-refractivity contribution < 1.29 is 20.7 Å². The zero-order chi connectivity index (χ0) is 6.53. The van der Waals surface area contributed by atoms with Gasteiger partial charge in [0.1, 0.15) is 0 Å². The van der Waals surface area contributed by atoms with Gasteiger partial charge in [-0.1, -0.05) is 0 Å². The molecule has 1 N–H and O–H groups in total. The average Bonchev–Trinajstić information content (AvgIpc) is 1.79. The van der Waals surface area contributed by atoms with E-state index in [1.165, 1.54) is 39.0 Å². The van der Waals surface area contributed by atoms with E-state index < -0.39 is 0 Å². The molecule has 1 fully saturated rings. The van der Waals surface area contributed by atoms with Gasteiger partial charge < -0.3 is 0 Å². The predicted octanol–water partition coefficient (Wildman–Crippen LogP) is 0.977. The fourth-order valence-electron chi connectivity index (χ4n) is 1.03. The van der Waals surface area contributed by atoms with Gasteiger partial charge in [-0.2, -0.15) is 0 Å². The van der Waals surface area contributed by atoms with Gasteiger partial charge in [-0.15, -0.1) is 24.8 Å². The normalized spacial score (nSPS) is 20.3. The van der Waals surface area contributed by atoms with Crippen LogP contribution in [-0.4, -0.2) is 29.6 Å².